The summed E-state index contributed by atoms with van der Waals surface area (Å²) in [5.74, 6) is 0.119. The third-order valence-corrected chi connectivity index (χ3v) is 2.90. The minimum absolute atomic E-state index is 0.0152. The van der Waals surface area contributed by atoms with Gasteiger partial charge in [0.15, 0.2) is 12.4 Å². The van der Waals surface area contributed by atoms with E-state index in [4.69, 9.17) is 9.57 Å². The van der Waals surface area contributed by atoms with Crippen LogP contribution in [0.4, 0.5) is 0 Å². The Labute approximate surface area is 128 Å². The summed E-state index contributed by atoms with van der Waals surface area (Å²) in [5, 5.41) is 0. The average Bonchev–Trinajstić information content (AvgIpc) is 2.54. The Hall–Kier alpha value is -2.66. The minimum atomic E-state index is -0.383. The van der Waals surface area contributed by atoms with Crippen LogP contribution in [-0.4, -0.2) is 18.3 Å². The second-order valence-electron chi connectivity index (χ2n) is 4.67. The number of amides is 1. The van der Waals surface area contributed by atoms with Gasteiger partial charge in [0, 0.05) is 5.56 Å². The largest absolute Gasteiger partial charge is 0.484 e. The summed E-state index contributed by atoms with van der Waals surface area (Å²) in [6.45, 7) is 1.63. The lowest BCUT2D eigenvalue weighted by Gasteiger charge is -2.08. The molecule has 2 rings (SSSR count). The van der Waals surface area contributed by atoms with Crippen molar-refractivity contribution < 1.29 is 19.2 Å². The number of Topliss-reactive ketones (excluding diaryl/α,β-unsaturated/α-hetero) is 1. The third kappa shape index (κ3) is 5.03. The molecule has 0 saturated heterocycles. The van der Waals surface area contributed by atoms with Gasteiger partial charge in [-0.05, 0) is 36.8 Å². The second kappa shape index (κ2) is 7.95. The van der Waals surface area contributed by atoms with Crippen molar-refractivity contribution in [2.45, 2.75) is 13.5 Å². The lowest BCUT2D eigenvalue weighted by molar-refractivity contribution is -0.136. The molecule has 0 heterocycles. The predicted octanol–water partition coefficient (Wildman–Crippen LogP) is 2.52. The molecule has 0 bridgehead atoms. The predicted molar refractivity (Wildman–Crippen MR) is 81.3 cm³/mol. The fourth-order valence-electron chi connectivity index (χ4n) is 1.74. The number of hydroxylamine groups is 1. The Kier molecular flexibility index (Phi) is 5.68. The van der Waals surface area contributed by atoms with Gasteiger partial charge in [0.25, 0.3) is 5.91 Å². The van der Waals surface area contributed by atoms with Crippen molar-refractivity contribution in [1.82, 2.24) is 5.48 Å². The summed E-state index contributed by atoms with van der Waals surface area (Å²) in [6.07, 6.45) is 0. The smallest absolute Gasteiger partial charge is 0.281 e. The second-order valence-corrected chi connectivity index (χ2v) is 4.67. The molecule has 0 atom stereocenters. The van der Waals surface area contributed by atoms with E-state index in [1.807, 2.05) is 30.3 Å². The fourth-order valence-corrected chi connectivity index (χ4v) is 1.74. The van der Waals surface area contributed by atoms with E-state index >= 15 is 0 Å². The quantitative estimate of drug-likeness (QED) is 0.630. The third-order valence-electron chi connectivity index (χ3n) is 2.90. The van der Waals surface area contributed by atoms with Crippen LogP contribution in [0.5, 0.6) is 5.75 Å². The number of hydrogen-bond acceptors (Lipinski definition) is 4. The van der Waals surface area contributed by atoms with Crippen LogP contribution in [-0.2, 0) is 16.2 Å². The molecule has 5 heteroatoms. The van der Waals surface area contributed by atoms with Crippen LogP contribution < -0.4 is 10.2 Å². The topological polar surface area (TPSA) is 64.6 Å². The maximum absolute atomic E-state index is 11.6. The highest BCUT2D eigenvalue weighted by atomic mass is 16.7. The minimum Gasteiger partial charge on any atom is -0.484 e. The van der Waals surface area contributed by atoms with Gasteiger partial charge in [0.1, 0.15) is 5.75 Å². The SMILES string of the molecule is CC(=O)c1ccc(OCC(=O)NOCc2ccccc2)cc1. The molecule has 1 N–H and O–H groups in total. The molecule has 2 aromatic carbocycles. The molecule has 0 aliphatic rings. The molecule has 22 heavy (non-hydrogen) atoms. The molecule has 0 radical (unpaired) electrons. The van der Waals surface area contributed by atoms with Gasteiger partial charge in [-0.25, -0.2) is 5.48 Å². The molecule has 0 fully saturated rings. The number of ether oxygens (including phenoxy) is 1. The fraction of sp³-hybridized carbons (Fsp3) is 0.176. The van der Waals surface area contributed by atoms with Crippen molar-refractivity contribution in [2.24, 2.45) is 0 Å². The van der Waals surface area contributed by atoms with Gasteiger partial charge in [-0.15, -0.1) is 0 Å². The van der Waals surface area contributed by atoms with Crippen molar-refractivity contribution in [1.29, 1.82) is 0 Å². The zero-order valence-electron chi connectivity index (χ0n) is 12.2. The molecule has 0 aliphatic heterocycles. The number of carbonyl (C=O) groups is 2. The Morgan fingerprint density at radius 2 is 1.68 bits per heavy atom. The van der Waals surface area contributed by atoms with E-state index in [-0.39, 0.29) is 18.3 Å². The number of rotatable bonds is 7. The van der Waals surface area contributed by atoms with Crippen molar-refractivity contribution >= 4 is 11.7 Å². The molecule has 0 spiro atoms. The van der Waals surface area contributed by atoms with Gasteiger partial charge in [-0.2, -0.15) is 0 Å². The Morgan fingerprint density at radius 1 is 1.00 bits per heavy atom. The zero-order valence-corrected chi connectivity index (χ0v) is 12.2. The van der Waals surface area contributed by atoms with Gasteiger partial charge in [-0.1, -0.05) is 30.3 Å². The van der Waals surface area contributed by atoms with Gasteiger partial charge in [-0.3, -0.25) is 14.4 Å². The van der Waals surface area contributed by atoms with Crippen LogP contribution in [0.15, 0.2) is 54.6 Å². The van der Waals surface area contributed by atoms with E-state index in [2.05, 4.69) is 5.48 Å². The summed E-state index contributed by atoms with van der Waals surface area (Å²) < 4.78 is 5.30. The highest BCUT2D eigenvalue weighted by Crippen LogP contribution is 2.12. The van der Waals surface area contributed by atoms with Crippen LogP contribution >= 0.6 is 0 Å². The first-order valence-corrected chi connectivity index (χ1v) is 6.83. The molecule has 2 aromatic rings. The average molecular weight is 299 g/mol. The normalized spacial score (nSPS) is 10.0. The molecule has 114 valence electrons. The summed E-state index contributed by atoms with van der Waals surface area (Å²) in [4.78, 5) is 27.8. The van der Waals surface area contributed by atoms with Gasteiger partial charge < -0.3 is 4.74 Å². The maximum Gasteiger partial charge on any atom is 0.281 e. The number of nitrogens with one attached hydrogen (secondary N) is 1. The highest BCUT2D eigenvalue weighted by Gasteiger charge is 2.04. The van der Waals surface area contributed by atoms with Gasteiger partial charge in [0.2, 0.25) is 0 Å². The number of hydrogen-bond donors (Lipinski definition) is 1. The summed E-state index contributed by atoms with van der Waals surface area (Å²) >= 11 is 0. The van der Waals surface area contributed by atoms with Crippen molar-refractivity contribution in [3.05, 3.63) is 65.7 Å². The zero-order chi connectivity index (χ0) is 15.8. The van der Waals surface area contributed by atoms with Crippen LogP contribution in [0.25, 0.3) is 0 Å². The van der Waals surface area contributed by atoms with Crippen LogP contribution in [0, 0.1) is 0 Å². The Bertz CT molecular complexity index is 623. The standard InChI is InChI=1S/C17H17NO4/c1-13(19)15-7-9-16(10-8-15)21-12-17(20)18-22-11-14-5-3-2-4-6-14/h2-10H,11-12H2,1H3,(H,18,20). The molecule has 5 nitrogen and oxygen atoms in total. The molecular weight excluding hydrogens is 282 g/mol. The number of carbonyl (C=O) groups excluding carboxylic acids is 2. The Balaban J connectivity index is 1.70. The number of ketones is 1. The van der Waals surface area contributed by atoms with Crippen molar-refractivity contribution in [2.75, 3.05) is 6.61 Å². The summed E-state index contributed by atoms with van der Waals surface area (Å²) in [6, 6.07) is 16.1. The maximum atomic E-state index is 11.6. The van der Waals surface area contributed by atoms with E-state index in [0.717, 1.165) is 5.56 Å². The molecule has 0 saturated carbocycles. The van der Waals surface area contributed by atoms with Gasteiger partial charge in [0.05, 0.1) is 6.61 Å². The summed E-state index contributed by atoms with van der Waals surface area (Å²) in [7, 11) is 0. The van der Waals surface area contributed by atoms with E-state index in [1.165, 1.54) is 6.92 Å². The molecule has 0 aliphatic carbocycles. The van der Waals surface area contributed by atoms with Crippen molar-refractivity contribution in [3.8, 4) is 5.75 Å². The monoisotopic (exact) mass is 299 g/mol. The van der Waals surface area contributed by atoms with Crippen LogP contribution in [0.2, 0.25) is 0 Å². The van der Waals surface area contributed by atoms with Crippen LogP contribution in [0.1, 0.15) is 22.8 Å². The van der Waals surface area contributed by atoms with E-state index in [0.29, 0.717) is 17.9 Å². The molecule has 1 amide bonds. The highest BCUT2D eigenvalue weighted by molar-refractivity contribution is 5.94. The van der Waals surface area contributed by atoms with Gasteiger partial charge >= 0.3 is 0 Å². The van der Waals surface area contributed by atoms with E-state index < -0.39 is 0 Å². The summed E-state index contributed by atoms with van der Waals surface area (Å²) in [5.41, 5.74) is 3.87. The van der Waals surface area contributed by atoms with E-state index in [1.54, 1.807) is 24.3 Å². The first-order chi connectivity index (χ1) is 10.6. The lowest BCUT2D eigenvalue weighted by atomic mass is 10.1. The molecule has 0 unspecified atom stereocenters. The number of benzene rings is 2. The van der Waals surface area contributed by atoms with Crippen LogP contribution in [0.3, 0.4) is 0 Å². The molecular formula is C17H17NO4. The van der Waals surface area contributed by atoms with Crippen molar-refractivity contribution in [3.63, 3.8) is 0 Å². The first-order valence-electron chi connectivity index (χ1n) is 6.83. The Morgan fingerprint density at radius 3 is 2.32 bits per heavy atom. The molecule has 0 aromatic heterocycles. The van der Waals surface area contributed by atoms with E-state index in [9.17, 15) is 9.59 Å². The lowest BCUT2D eigenvalue weighted by Crippen LogP contribution is -2.28. The first kappa shape index (κ1) is 15.7.